The average Bonchev–Trinajstić information content (AvgIpc) is 2.46. The van der Waals surface area contributed by atoms with Crippen molar-refractivity contribution < 1.29 is 32.8 Å². The average molecular weight is 403 g/mol. The van der Waals surface area contributed by atoms with E-state index in [9.17, 15) is 0 Å². The number of aromatic nitrogens is 2. The van der Waals surface area contributed by atoms with E-state index < -0.39 is 14.5 Å². The number of hydrogen-bond acceptors (Lipinski definition) is 8. The predicted molar refractivity (Wildman–Crippen MR) is 93.5 cm³/mol. The van der Waals surface area contributed by atoms with Gasteiger partial charge in [-0.15, -0.1) is 0 Å². The quantitative estimate of drug-likeness (QED) is 0.573. The fraction of sp³-hybridized carbons (Fsp3) is 0.636. The van der Waals surface area contributed by atoms with E-state index in [1.54, 1.807) is 6.07 Å². The minimum absolute atomic E-state index is 0.376. The van der Waals surface area contributed by atoms with Crippen LogP contribution < -0.4 is 9.42 Å². The second-order valence-electron chi connectivity index (χ2n) is 4.24. The van der Waals surface area contributed by atoms with Gasteiger partial charge in [0.05, 0.1) is 0 Å². The molecule has 24 heavy (non-hydrogen) atoms. The summed E-state index contributed by atoms with van der Waals surface area (Å²) in [7, 11) is -1.72. The summed E-state index contributed by atoms with van der Waals surface area (Å²) < 4.78 is 24.6. The van der Waals surface area contributed by atoms with Crippen LogP contribution in [-0.4, -0.2) is 52.0 Å². The van der Waals surface area contributed by atoms with Crippen molar-refractivity contribution in [2.24, 2.45) is 0 Å². The molecule has 0 amide bonds. The third-order valence-corrected chi connectivity index (χ3v) is 4.94. The van der Waals surface area contributed by atoms with Gasteiger partial charge in [0.2, 0.25) is 11.8 Å². The van der Waals surface area contributed by atoms with Gasteiger partial charge in [-0.3, -0.25) is 0 Å². The molecule has 0 aliphatic rings. The van der Waals surface area contributed by atoms with Crippen LogP contribution >= 0.6 is 14.5 Å². The second kappa shape index (κ2) is 10.4. The van der Waals surface area contributed by atoms with Crippen LogP contribution in [0, 0.1) is 6.92 Å². The highest BCUT2D eigenvalue weighted by Gasteiger charge is 2.20. The molecule has 0 aliphatic heterocycles. The molecule has 1 aromatic rings. The van der Waals surface area contributed by atoms with Gasteiger partial charge in [0, 0.05) is 50.9 Å². The third kappa shape index (κ3) is 9.61. The molecule has 140 valence electrons. The molecule has 0 saturated carbocycles. The summed E-state index contributed by atoms with van der Waals surface area (Å²) in [5.74, 6) is 0.996. The Kier molecular flexibility index (Phi) is 10.1. The van der Waals surface area contributed by atoms with E-state index >= 15 is 0 Å². The summed E-state index contributed by atoms with van der Waals surface area (Å²) >= 11 is 5.17. The molecular weight excluding hydrogens is 380 g/mol. The maximum atomic E-state index is 8.88. The zero-order chi connectivity index (χ0) is 19.0. The first-order valence-corrected chi connectivity index (χ1v) is 10.9. The van der Waals surface area contributed by atoms with Crippen molar-refractivity contribution >= 4 is 32.3 Å². The first-order chi connectivity index (χ1) is 11.0. The molecule has 3 N–H and O–H groups in total. The van der Waals surface area contributed by atoms with Crippen molar-refractivity contribution in [3.05, 3.63) is 11.8 Å². The van der Waals surface area contributed by atoms with Crippen molar-refractivity contribution in [1.82, 2.24) is 9.97 Å². The molecule has 0 bridgehead atoms. The Morgan fingerprint density at radius 1 is 1.17 bits per heavy atom. The smallest absolute Gasteiger partial charge is 0.405 e. The molecule has 1 rings (SSSR count). The second-order valence-corrected chi connectivity index (χ2v) is 8.41. The fourth-order valence-corrected chi connectivity index (χ4v) is 2.33. The highest BCUT2D eigenvalue weighted by Crippen LogP contribution is 2.47. The Balaban J connectivity index is 0.000000922. The Labute approximate surface area is 146 Å². The Morgan fingerprint density at radius 2 is 1.62 bits per heavy atom. The summed E-state index contributed by atoms with van der Waals surface area (Å²) in [4.78, 5) is 32.3. The molecule has 0 fully saturated rings. The number of nitrogens with zero attached hydrogens (tertiary/aromatic N) is 3. The topological polar surface area (TPSA) is 134 Å². The standard InChI is InChI=1S/C11H20N3O3PS.H3O4P/c1-6-14(7-2)11-12-9(3)8-10(13-11)17-18(19,15-4)16-5;1-5(2,3)4/h8H,6-7H2,1-5H3;(H3,1,2,3,4). The molecule has 0 radical (unpaired) electrons. The largest absolute Gasteiger partial charge is 0.466 e. The van der Waals surface area contributed by atoms with Gasteiger partial charge in [-0.1, -0.05) is 0 Å². The van der Waals surface area contributed by atoms with Gasteiger partial charge in [0.25, 0.3) is 0 Å². The van der Waals surface area contributed by atoms with E-state index in [-0.39, 0.29) is 0 Å². The highest BCUT2D eigenvalue weighted by atomic mass is 32.5. The molecule has 0 unspecified atom stereocenters. The Morgan fingerprint density at radius 3 is 2.00 bits per heavy atom. The van der Waals surface area contributed by atoms with Crippen molar-refractivity contribution in [1.29, 1.82) is 0 Å². The molecule has 0 aromatic carbocycles. The van der Waals surface area contributed by atoms with E-state index in [4.69, 9.17) is 44.6 Å². The van der Waals surface area contributed by atoms with Crippen molar-refractivity contribution in [2.75, 3.05) is 32.2 Å². The minimum atomic E-state index is -4.64. The molecular formula is C11H23N3O7P2S. The van der Waals surface area contributed by atoms with Crippen LogP contribution in [0.25, 0.3) is 0 Å². The van der Waals surface area contributed by atoms with Crippen LogP contribution in [0.4, 0.5) is 5.95 Å². The lowest BCUT2D eigenvalue weighted by Crippen LogP contribution is -2.24. The number of anilines is 1. The summed E-state index contributed by atoms with van der Waals surface area (Å²) in [6.07, 6.45) is 0. The van der Waals surface area contributed by atoms with E-state index in [1.165, 1.54) is 14.2 Å². The lowest BCUT2D eigenvalue weighted by Gasteiger charge is -2.21. The molecule has 0 spiro atoms. The van der Waals surface area contributed by atoms with Gasteiger partial charge in [0.15, 0.2) is 0 Å². The zero-order valence-electron chi connectivity index (χ0n) is 14.1. The van der Waals surface area contributed by atoms with E-state index in [0.717, 1.165) is 18.8 Å². The van der Waals surface area contributed by atoms with Crippen molar-refractivity contribution in [3.63, 3.8) is 0 Å². The van der Waals surface area contributed by atoms with Crippen LogP contribution in [0.15, 0.2) is 6.07 Å². The maximum absolute atomic E-state index is 8.88. The monoisotopic (exact) mass is 403 g/mol. The molecule has 1 heterocycles. The molecule has 1 aromatic heterocycles. The van der Waals surface area contributed by atoms with Gasteiger partial charge in [-0.25, -0.2) is 9.55 Å². The highest BCUT2D eigenvalue weighted by molar-refractivity contribution is 8.07. The van der Waals surface area contributed by atoms with Crippen molar-refractivity contribution in [3.8, 4) is 5.88 Å². The Hall–Kier alpha value is -0.640. The normalized spacial score (nSPS) is 11.5. The van der Waals surface area contributed by atoms with E-state index in [2.05, 4.69) is 9.97 Å². The summed E-state index contributed by atoms with van der Waals surface area (Å²) in [5, 5.41) is 0. The molecule has 0 atom stereocenters. The summed E-state index contributed by atoms with van der Waals surface area (Å²) in [6.45, 7) is 4.85. The van der Waals surface area contributed by atoms with Gasteiger partial charge >= 0.3 is 14.5 Å². The van der Waals surface area contributed by atoms with Crippen LogP contribution in [0.5, 0.6) is 5.88 Å². The lowest BCUT2D eigenvalue weighted by atomic mass is 10.4. The maximum Gasteiger partial charge on any atom is 0.466 e. The first kappa shape index (κ1) is 23.4. The van der Waals surface area contributed by atoms with Crippen LogP contribution in [0.3, 0.4) is 0 Å². The number of hydrogen-bond donors (Lipinski definition) is 3. The number of rotatable bonds is 7. The van der Waals surface area contributed by atoms with Crippen molar-refractivity contribution in [2.45, 2.75) is 20.8 Å². The predicted octanol–water partition coefficient (Wildman–Crippen LogP) is 1.60. The lowest BCUT2D eigenvalue weighted by molar-refractivity contribution is 0.270. The van der Waals surface area contributed by atoms with Gasteiger partial charge < -0.3 is 33.2 Å². The van der Waals surface area contributed by atoms with Crippen LogP contribution in [0.2, 0.25) is 0 Å². The van der Waals surface area contributed by atoms with Gasteiger partial charge in [0.1, 0.15) is 0 Å². The van der Waals surface area contributed by atoms with Gasteiger partial charge in [-0.05, 0) is 20.8 Å². The summed E-state index contributed by atoms with van der Waals surface area (Å²) in [5.41, 5.74) is 0.806. The number of aryl methyl sites for hydroxylation is 1. The van der Waals surface area contributed by atoms with E-state index in [1.807, 2.05) is 25.7 Å². The minimum Gasteiger partial charge on any atom is -0.405 e. The SMILES string of the molecule is CCN(CC)c1nc(C)cc(OP(=S)(OC)OC)n1.O=P(O)(O)O. The van der Waals surface area contributed by atoms with Crippen LogP contribution in [-0.2, 0) is 25.4 Å². The fourth-order valence-electron chi connectivity index (χ4n) is 1.48. The summed E-state index contributed by atoms with van der Waals surface area (Å²) in [6, 6.07) is 1.71. The van der Waals surface area contributed by atoms with Gasteiger partial charge in [-0.2, -0.15) is 4.98 Å². The Bertz CT molecular complexity index is 593. The molecule has 13 heteroatoms. The van der Waals surface area contributed by atoms with E-state index in [0.29, 0.717) is 11.8 Å². The first-order valence-electron chi connectivity index (χ1n) is 6.78. The zero-order valence-corrected chi connectivity index (χ0v) is 16.7. The third-order valence-electron chi connectivity index (χ3n) is 2.52. The number of phosphoric acid groups is 1. The van der Waals surface area contributed by atoms with Crippen LogP contribution in [0.1, 0.15) is 19.5 Å². The molecule has 0 aliphatic carbocycles. The molecule has 0 saturated heterocycles. The molecule has 10 nitrogen and oxygen atoms in total.